The molecule has 10 heteroatoms. The Kier molecular flexibility index (Phi) is 7.92. The molecule has 0 atom stereocenters. The number of hydrogen-bond acceptors (Lipinski definition) is 5. The number of sulfonamides is 1. The Balaban J connectivity index is 1.09. The molecule has 0 amide bonds. The fourth-order valence-corrected chi connectivity index (χ4v) is 6.51. The maximum absolute atomic E-state index is 14.1. The zero-order valence-electron chi connectivity index (χ0n) is 20.9. The smallest absolute Gasteiger partial charge is 0.245 e. The van der Waals surface area contributed by atoms with Crippen molar-refractivity contribution in [2.45, 2.75) is 30.4 Å². The molecule has 2 aliphatic heterocycles. The number of ether oxygens (including phenoxy) is 1. The summed E-state index contributed by atoms with van der Waals surface area (Å²) < 4.78 is 74.2. The summed E-state index contributed by atoms with van der Waals surface area (Å²) in [6.07, 6.45) is 0.781. The minimum Gasteiger partial charge on any atom is -0.490 e. The van der Waals surface area contributed by atoms with Crippen LogP contribution in [0.15, 0.2) is 71.6 Å². The Hall–Kier alpha value is -3.08. The summed E-state index contributed by atoms with van der Waals surface area (Å²) in [6, 6.07) is 17.2. The van der Waals surface area contributed by atoms with E-state index in [-0.39, 0.29) is 25.0 Å². The molecule has 2 saturated heterocycles. The Morgan fingerprint density at radius 3 is 2.13 bits per heavy atom. The molecule has 2 fully saturated rings. The normalized spacial score (nSPS) is 18.0. The van der Waals surface area contributed by atoms with E-state index < -0.39 is 26.6 Å². The van der Waals surface area contributed by atoms with Gasteiger partial charge in [0, 0.05) is 51.9 Å². The minimum absolute atomic E-state index is 0.156. The van der Waals surface area contributed by atoms with E-state index in [0.717, 1.165) is 50.4 Å². The maximum Gasteiger partial charge on any atom is 0.245 e. The lowest BCUT2D eigenvalue weighted by molar-refractivity contribution is 0.135. The Morgan fingerprint density at radius 2 is 1.47 bits per heavy atom. The number of halogens is 3. The number of para-hydroxylation sites is 1. The Bertz CT molecular complexity index is 1360. The second-order valence-electron chi connectivity index (χ2n) is 9.65. The van der Waals surface area contributed by atoms with E-state index in [9.17, 15) is 21.6 Å². The second-order valence-corrected chi connectivity index (χ2v) is 11.6. The molecule has 2 heterocycles. The number of piperidine rings is 1. The zero-order chi connectivity index (χ0) is 26.7. The number of piperazine rings is 1. The molecule has 0 saturated carbocycles. The number of benzene rings is 3. The highest BCUT2D eigenvalue weighted by Crippen LogP contribution is 2.26. The van der Waals surface area contributed by atoms with Crippen LogP contribution in [0.1, 0.15) is 18.4 Å². The summed E-state index contributed by atoms with van der Waals surface area (Å²) in [4.78, 5) is 3.91. The third kappa shape index (κ3) is 5.98. The van der Waals surface area contributed by atoms with E-state index in [1.165, 1.54) is 10.4 Å². The molecule has 0 N–H and O–H groups in total. The van der Waals surface area contributed by atoms with E-state index in [0.29, 0.717) is 30.3 Å². The first-order valence-electron chi connectivity index (χ1n) is 12.7. The molecule has 2 aliphatic rings. The van der Waals surface area contributed by atoms with Gasteiger partial charge in [0.2, 0.25) is 10.0 Å². The van der Waals surface area contributed by atoms with Gasteiger partial charge in [0.1, 0.15) is 34.2 Å². The molecule has 0 bridgehead atoms. The molecule has 0 aliphatic carbocycles. The number of nitrogens with zero attached hydrogens (tertiary/aromatic N) is 3. The van der Waals surface area contributed by atoms with Crippen LogP contribution in [-0.2, 0) is 16.6 Å². The molecule has 0 radical (unpaired) electrons. The lowest BCUT2D eigenvalue weighted by atomic mass is 10.1. The quantitative estimate of drug-likeness (QED) is 0.433. The maximum atomic E-state index is 14.1. The predicted molar refractivity (Wildman–Crippen MR) is 139 cm³/mol. The highest BCUT2D eigenvalue weighted by Gasteiger charge is 2.32. The largest absolute Gasteiger partial charge is 0.490 e. The third-order valence-electron chi connectivity index (χ3n) is 7.11. The first-order valence-corrected chi connectivity index (χ1v) is 14.2. The molecule has 38 heavy (non-hydrogen) atoms. The Morgan fingerprint density at radius 1 is 0.789 bits per heavy atom. The van der Waals surface area contributed by atoms with Crippen LogP contribution in [0.2, 0.25) is 0 Å². The molecular weight excluding hydrogens is 515 g/mol. The number of anilines is 1. The SMILES string of the molecule is O=S(=O)(c1ccc(F)cc1F)N1CCC(Oc2ccc(CN3CCN(c4ccccc4F)CC3)cc2)CC1. The summed E-state index contributed by atoms with van der Waals surface area (Å²) in [5.74, 6) is -1.38. The molecule has 0 unspecified atom stereocenters. The monoisotopic (exact) mass is 545 g/mol. The van der Waals surface area contributed by atoms with Gasteiger partial charge in [-0.05, 0) is 54.8 Å². The van der Waals surface area contributed by atoms with Gasteiger partial charge in [0.15, 0.2) is 0 Å². The van der Waals surface area contributed by atoms with Gasteiger partial charge in [-0.3, -0.25) is 4.90 Å². The van der Waals surface area contributed by atoms with Crippen LogP contribution in [0.4, 0.5) is 18.9 Å². The van der Waals surface area contributed by atoms with E-state index in [1.54, 1.807) is 6.07 Å². The van der Waals surface area contributed by atoms with Crippen molar-refractivity contribution in [3.63, 3.8) is 0 Å². The molecule has 0 spiro atoms. The molecule has 202 valence electrons. The summed E-state index contributed by atoms with van der Waals surface area (Å²) in [5, 5.41) is 0. The Labute approximate surface area is 221 Å². The molecule has 5 rings (SSSR count). The van der Waals surface area contributed by atoms with Gasteiger partial charge in [0.25, 0.3) is 0 Å². The van der Waals surface area contributed by atoms with Gasteiger partial charge in [-0.25, -0.2) is 21.6 Å². The minimum atomic E-state index is -4.04. The van der Waals surface area contributed by atoms with Gasteiger partial charge in [0.05, 0.1) is 5.69 Å². The van der Waals surface area contributed by atoms with Gasteiger partial charge >= 0.3 is 0 Å². The fourth-order valence-electron chi connectivity index (χ4n) is 4.99. The zero-order valence-corrected chi connectivity index (χ0v) is 21.7. The van der Waals surface area contributed by atoms with Crippen molar-refractivity contribution in [3.05, 3.63) is 89.7 Å². The standard InChI is InChI=1S/C28H30F3N3O3S/c29-22-7-10-28(26(31)19-22)38(35,36)34-13-11-24(12-14-34)37-23-8-5-21(6-9-23)20-32-15-17-33(18-16-32)27-4-2-1-3-25(27)30/h1-10,19,24H,11-18,20H2. The lowest BCUT2D eigenvalue weighted by Gasteiger charge is -2.36. The number of rotatable bonds is 7. The average molecular weight is 546 g/mol. The summed E-state index contributed by atoms with van der Waals surface area (Å²) >= 11 is 0. The van der Waals surface area contributed by atoms with Crippen LogP contribution in [0.5, 0.6) is 5.75 Å². The van der Waals surface area contributed by atoms with Crippen LogP contribution in [0.3, 0.4) is 0 Å². The topological polar surface area (TPSA) is 53.1 Å². The van der Waals surface area contributed by atoms with E-state index in [2.05, 4.69) is 9.80 Å². The highest BCUT2D eigenvalue weighted by molar-refractivity contribution is 7.89. The fraction of sp³-hybridized carbons (Fsp3) is 0.357. The van der Waals surface area contributed by atoms with Crippen LogP contribution < -0.4 is 9.64 Å². The van der Waals surface area contributed by atoms with E-state index in [4.69, 9.17) is 4.74 Å². The summed E-state index contributed by atoms with van der Waals surface area (Å²) in [6.45, 7) is 4.41. The van der Waals surface area contributed by atoms with Crippen molar-refractivity contribution in [1.82, 2.24) is 9.21 Å². The van der Waals surface area contributed by atoms with Crippen LogP contribution in [0.25, 0.3) is 0 Å². The molecule has 6 nitrogen and oxygen atoms in total. The predicted octanol–water partition coefficient (Wildman–Crippen LogP) is 4.66. The molecular formula is C28H30F3N3O3S. The molecule has 3 aromatic carbocycles. The van der Waals surface area contributed by atoms with E-state index >= 15 is 0 Å². The van der Waals surface area contributed by atoms with Gasteiger partial charge in [-0.1, -0.05) is 24.3 Å². The van der Waals surface area contributed by atoms with Crippen molar-refractivity contribution >= 4 is 15.7 Å². The number of hydrogen-bond donors (Lipinski definition) is 0. The van der Waals surface area contributed by atoms with E-state index in [1.807, 2.05) is 36.4 Å². The van der Waals surface area contributed by atoms with Crippen LogP contribution in [-0.4, -0.2) is 63.0 Å². The third-order valence-corrected chi connectivity index (χ3v) is 9.04. The van der Waals surface area contributed by atoms with Gasteiger partial charge in [-0.2, -0.15) is 4.31 Å². The van der Waals surface area contributed by atoms with Gasteiger partial charge < -0.3 is 9.64 Å². The van der Waals surface area contributed by atoms with Crippen molar-refractivity contribution < 1.29 is 26.3 Å². The van der Waals surface area contributed by atoms with Crippen LogP contribution in [0, 0.1) is 17.5 Å². The molecule has 0 aromatic heterocycles. The summed E-state index contributed by atoms with van der Waals surface area (Å²) in [5.41, 5.74) is 1.80. The van der Waals surface area contributed by atoms with Crippen molar-refractivity contribution in [2.75, 3.05) is 44.2 Å². The molecule has 3 aromatic rings. The second kappa shape index (κ2) is 11.3. The average Bonchev–Trinajstić information content (AvgIpc) is 2.91. The van der Waals surface area contributed by atoms with Gasteiger partial charge in [-0.15, -0.1) is 0 Å². The van der Waals surface area contributed by atoms with Crippen molar-refractivity contribution in [2.24, 2.45) is 0 Å². The first kappa shape index (κ1) is 26.5. The van der Waals surface area contributed by atoms with Crippen LogP contribution >= 0.6 is 0 Å². The summed E-state index contributed by atoms with van der Waals surface area (Å²) in [7, 11) is -4.04. The lowest BCUT2D eigenvalue weighted by Crippen LogP contribution is -2.46. The first-order chi connectivity index (χ1) is 18.3. The van der Waals surface area contributed by atoms with Crippen molar-refractivity contribution in [3.8, 4) is 5.75 Å². The highest BCUT2D eigenvalue weighted by atomic mass is 32.2. The van der Waals surface area contributed by atoms with Crippen molar-refractivity contribution in [1.29, 1.82) is 0 Å².